The number of nitrogens with zero attached hydrogens (tertiary/aromatic N) is 1. The molecule has 0 aliphatic heterocycles. The lowest BCUT2D eigenvalue weighted by atomic mass is 10.2. The molecule has 2 rings (SSSR count). The first-order chi connectivity index (χ1) is 13.0. The number of likely N-dealkylation sites (N-methyl/N-ethyl adjacent to an activating group) is 1. The van der Waals surface area contributed by atoms with Gasteiger partial charge in [0.2, 0.25) is 5.91 Å². The largest absolute Gasteiger partial charge is 0.493 e. The number of aryl methyl sites for hydroxylation is 1. The molecule has 0 atom stereocenters. The molecule has 146 valence electrons. The number of nitrogens with one attached hydrogen (secondary N) is 1. The maximum atomic E-state index is 12.5. The van der Waals surface area contributed by atoms with E-state index in [0.717, 1.165) is 29.1 Å². The van der Waals surface area contributed by atoms with Crippen molar-refractivity contribution in [3.05, 3.63) is 52.5 Å². The SMILES string of the molecule is CCOc1ccc(CN(CC)CC(=O)Nc2cc(Cl)ccc2C)cc1OC. The number of carbonyl (C=O) groups excluding carboxylic acids is 1. The van der Waals surface area contributed by atoms with Gasteiger partial charge < -0.3 is 14.8 Å². The van der Waals surface area contributed by atoms with Gasteiger partial charge in [-0.25, -0.2) is 0 Å². The van der Waals surface area contributed by atoms with Crippen LogP contribution < -0.4 is 14.8 Å². The second-order valence-corrected chi connectivity index (χ2v) is 6.67. The summed E-state index contributed by atoms with van der Waals surface area (Å²) >= 11 is 6.02. The highest BCUT2D eigenvalue weighted by atomic mass is 35.5. The molecule has 0 fully saturated rings. The summed E-state index contributed by atoms with van der Waals surface area (Å²) in [6, 6.07) is 11.3. The number of hydrogen-bond acceptors (Lipinski definition) is 4. The van der Waals surface area contributed by atoms with Crippen LogP contribution >= 0.6 is 11.6 Å². The standard InChI is InChI=1S/C21H27ClN2O3/c1-5-24(13-16-8-10-19(27-6-2)20(11-16)26-4)14-21(25)23-18-12-17(22)9-7-15(18)3/h7-12H,5-6,13-14H2,1-4H3,(H,23,25). The molecule has 0 radical (unpaired) electrons. The first kappa shape index (κ1) is 21.1. The highest BCUT2D eigenvalue weighted by molar-refractivity contribution is 6.31. The summed E-state index contributed by atoms with van der Waals surface area (Å²) < 4.78 is 11.0. The number of hydrogen-bond donors (Lipinski definition) is 1. The summed E-state index contributed by atoms with van der Waals surface area (Å²) in [6.07, 6.45) is 0. The minimum absolute atomic E-state index is 0.0693. The van der Waals surface area contributed by atoms with Crippen LogP contribution in [0.15, 0.2) is 36.4 Å². The fraction of sp³-hybridized carbons (Fsp3) is 0.381. The third-order valence-corrected chi connectivity index (χ3v) is 4.46. The van der Waals surface area contributed by atoms with Crippen LogP contribution in [0.25, 0.3) is 0 Å². The molecule has 0 spiro atoms. The van der Waals surface area contributed by atoms with Crippen molar-refractivity contribution in [2.45, 2.75) is 27.3 Å². The van der Waals surface area contributed by atoms with Crippen LogP contribution in [0, 0.1) is 6.92 Å². The number of halogens is 1. The van der Waals surface area contributed by atoms with E-state index >= 15 is 0 Å². The van der Waals surface area contributed by atoms with E-state index in [9.17, 15) is 4.79 Å². The van der Waals surface area contributed by atoms with Crippen molar-refractivity contribution in [1.82, 2.24) is 4.90 Å². The van der Waals surface area contributed by atoms with E-state index in [-0.39, 0.29) is 12.5 Å². The fourth-order valence-electron chi connectivity index (χ4n) is 2.74. The van der Waals surface area contributed by atoms with Gasteiger partial charge in [0.15, 0.2) is 11.5 Å². The number of ether oxygens (including phenoxy) is 2. The third-order valence-electron chi connectivity index (χ3n) is 4.22. The van der Waals surface area contributed by atoms with Crippen LogP contribution in [-0.4, -0.2) is 37.6 Å². The van der Waals surface area contributed by atoms with E-state index in [1.165, 1.54) is 0 Å². The summed E-state index contributed by atoms with van der Waals surface area (Å²) in [5.74, 6) is 1.35. The van der Waals surface area contributed by atoms with Crippen molar-refractivity contribution < 1.29 is 14.3 Å². The molecule has 1 amide bonds. The van der Waals surface area contributed by atoms with E-state index in [4.69, 9.17) is 21.1 Å². The van der Waals surface area contributed by atoms with E-state index in [1.807, 2.05) is 51.1 Å². The molecule has 0 aliphatic rings. The first-order valence-electron chi connectivity index (χ1n) is 9.04. The van der Waals surface area contributed by atoms with Crippen molar-refractivity contribution >= 4 is 23.2 Å². The normalized spacial score (nSPS) is 10.7. The summed E-state index contributed by atoms with van der Waals surface area (Å²) in [5.41, 5.74) is 2.78. The lowest BCUT2D eigenvalue weighted by molar-refractivity contribution is -0.117. The Morgan fingerprint density at radius 2 is 1.93 bits per heavy atom. The lowest BCUT2D eigenvalue weighted by Crippen LogP contribution is -2.32. The summed E-state index contributed by atoms with van der Waals surface area (Å²) in [5, 5.41) is 3.54. The summed E-state index contributed by atoms with van der Waals surface area (Å²) in [7, 11) is 1.62. The van der Waals surface area contributed by atoms with Gasteiger partial charge in [0.1, 0.15) is 0 Å². The van der Waals surface area contributed by atoms with Crippen molar-refractivity contribution in [3.8, 4) is 11.5 Å². The molecule has 27 heavy (non-hydrogen) atoms. The smallest absolute Gasteiger partial charge is 0.238 e. The Hall–Kier alpha value is -2.24. The Kier molecular flexibility index (Phi) is 7.95. The molecule has 0 saturated heterocycles. The van der Waals surface area contributed by atoms with Crippen molar-refractivity contribution in [3.63, 3.8) is 0 Å². The predicted octanol–water partition coefficient (Wildman–Crippen LogP) is 4.52. The molecule has 0 unspecified atom stereocenters. The maximum absolute atomic E-state index is 12.5. The molecule has 0 aliphatic carbocycles. The number of carbonyl (C=O) groups is 1. The average molecular weight is 391 g/mol. The molecule has 0 bridgehead atoms. The Labute approximate surface area is 166 Å². The second kappa shape index (κ2) is 10.2. The Morgan fingerprint density at radius 3 is 2.59 bits per heavy atom. The fourth-order valence-corrected chi connectivity index (χ4v) is 2.92. The van der Waals surface area contributed by atoms with Gasteiger partial charge in [-0.2, -0.15) is 0 Å². The number of anilines is 1. The zero-order chi connectivity index (χ0) is 19.8. The second-order valence-electron chi connectivity index (χ2n) is 6.23. The predicted molar refractivity (Wildman–Crippen MR) is 110 cm³/mol. The van der Waals surface area contributed by atoms with Crippen molar-refractivity contribution in [1.29, 1.82) is 0 Å². The van der Waals surface area contributed by atoms with Gasteiger partial charge in [-0.05, 0) is 55.8 Å². The quantitative estimate of drug-likeness (QED) is 0.684. The van der Waals surface area contributed by atoms with E-state index in [0.29, 0.717) is 23.9 Å². The Morgan fingerprint density at radius 1 is 1.15 bits per heavy atom. The molecular weight excluding hydrogens is 364 g/mol. The first-order valence-corrected chi connectivity index (χ1v) is 9.42. The van der Waals surface area contributed by atoms with Crippen LogP contribution in [0.5, 0.6) is 11.5 Å². The zero-order valence-electron chi connectivity index (χ0n) is 16.3. The average Bonchev–Trinajstić information content (AvgIpc) is 2.65. The monoisotopic (exact) mass is 390 g/mol. The molecule has 1 N–H and O–H groups in total. The molecule has 2 aromatic rings. The van der Waals surface area contributed by atoms with E-state index < -0.39 is 0 Å². The van der Waals surface area contributed by atoms with Crippen LogP contribution in [0.4, 0.5) is 5.69 Å². The van der Waals surface area contributed by atoms with Gasteiger partial charge in [-0.3, -0.25) is 9.69 Å². The van der Waals surface area contributed by atoms with Crippen LogP contribution in [-0.2, 0) is 11.3 Å². The summed E-state index contributed by atoms with van der Waals surface area (Å²) in [6.45, 7) is 8.17. The molecule has 0 saturated carbocycles. The van der Waals surface area contributed by atoms with Crippen LogP contribution in [0.1, 0.15) is 25.0 Å². The minimum atomic E-state index is -0.0693. The maximum Gasteiger partial charge on any atom is 0.238 e. The van der Waals surface area contributed by atoms with Crippen molar-refractivity contribution in [2.75, 3.05) is 32.1 Å². The van der Waals surface area contributed by atoms with Crippen LogP contribution in [0.2, 0.25) is 5.02 Å². The van der Waals surface area contributed by atoms with Gasteiger partial charge in [-0.1, -0.05) is 30.7 Å². The number of methoxy groups -OCH3 is 1. The third kappa shape index (κ3) is 6.15. The van der Waals surface area contributed by atoms with Gasteiger partial charge in [0.05, 0.1) is 20.3 Å². The van der Waals surface area contributed by atoms with Gasteiger partial charge in [-0.15, -0.1) is 0 Å². The number of benzene rings is 2. The highest BCUT2D eigenvalue weighted by Crippen LogP contribution is 2.28. The van der Waals surface area contributed by atoms with E-state index in [2.05, 4.69) is 10.2 Å². The van der Waals surface area contributed by atoms with Gasteiger partial charge in [0, 0.05) is 17.3 Å². The topological polar surface area (TPSA) is 50.8 Å². The van der Waals surface area contributed by atoms with E-state index in [1.54, 1.807) is 13.2 Å². The zero-order valence-corrected chi connectivity index (χ0v) is 17.1. The van der Waals surface area contributed by atoms with Crippen LogP contribution in [0.3, 0.4) is 0 Å². The molecular formula is C21H27ClN2O3. The molecule has 6 heteroatoms. The van der Waals surface area contributed by atoms with Gasteiger partial charge in [0.25, 0.3) is 0 Å². The van der Waals surface area contributed by atoms with Gasteiger partial charge >= 0.3 is 0 Å². The molecule has 0 heterocycles. The summed E-state index contributed by atoms with van der Waals surface area (Å²) in [4.78, 5) is 14.5. The Bertz CT molecular complexity index is 780. The highest BCUT2D eigenvalue weighted by Gasteiger charge is 2.13. The van der Waals surface area contributed by atoms with Crippen molar-refractivity contribution in [2.24, 2.45) is 0 Å². The number of rotatable bonds is 9. The Balaban J connectivity index is 2.02. The number of amides is 1. The molecule has 0 aromatic heterocycles. The molecule has 2 aromatic carbocycles. The lowest BCUT2D eigenvalue weighted by Gasteiger charge is -2.21. The minimum Gasteiger partial charge on any atom is -0.493 e. The molecule has 5 nitrogen and oxygen atoms in total.